The number of nitrogens with two attached hydrogens (primary N) is 1. The van der Waals surface area contributed by atoms with E-state index in [9.17, 15) is 4.79 Å². The molecule has 2 heterocycles. The van der Waals surface area contributed by atoms with Crippen LogP contribution in [0.4, 0.5) is 5.82 Å². The van der Waals surface area contributed by atoms with Crippen molar-refractivity contribution in [3.63, 3.8) is 0 Å². The molecular formula is C16H20N4O. The van der Waals surface area contributed by atoms with Crippen molar-refractivity contribution in [2.24, 2.45) is 0 Å². The predicted octanol–water partition coefficient (Wildman–Crippen LogP) is 2.31. The molecule has 3 rings (SSSR count). The Bertz CT molecular complexity index is 684. The molecule has 1 aliphatic rings. The largest absolute Gasteiger partial charge is 0.384 e. The number of rotatable bonds is 2. The Morgan fingerprint density at radius 3 is 2.52 bits per heavy atom. The van der Waals surface area contributed by atoms with Gasteiger partial charge < -0.3 is 10.6 Å². The molecule has 0 radical (unpaired) electrons. The van der Waals surface area contributed by atoms with Crippen molar-refractivity contribution < 1.29 is 4.79 Å². The fraction of sp³-hybridized carbons (Fsp3) is 0.375. The molecule has 0 saturated carbocycles. The first kappa shape index (κ1) is 13.7. The van der Waals surface area contributed by atoms with E-state index >= 15 is 0 Å². The van der Waals surface area contributed by atoms with Gasteiger partial charge in [0.05, 0.1) is 5.69 Å². The number of hydrogen-bond donors (Lipinski definition) is 1. The van der Waals surface area contributed by atoms with Crippen LogP contribution < -0.4 is 5.73 Å². The lowest BCUT2D eigenvalue weighted by Gasteiger charge is -2.12. The lowest BCUT2D eigenvalue weighted by Crippen LogP contribution is -2.28. The van der Waals surface area contributed by atoms with Crippen LogP contribution in [0, 0.1) is 13.8 Å². The number of aryl methyl sites for hydroxylation is 2. The lowest BCUT2D eigenvalue weighted by molar-refractivity contribution is 0.0786. The third kappa shape index (κ3) is 2.51. The van der Waals surface area contributed by atoms with Crippen LogP contribution >= 0.6 is 0 Å². The predicted molar refractivity (Wildman–Crippen MR) is 82.6 cm³/mol. The van der Waals surface area contributed by atoms with Gasteiger partial charge in [-0.05, 0) is 49.9 Å². The first-order valence-electron chi connectivity index (χ1n) is 7.29. The van der Waals surface area contributed by atoms with Crippen molar-refractivity contribution >= 4 is 11.7 Å². The van der Waals surface area contributed by atoms with E-state index in [0.717, 1.165) is 31.6 Å². The second kappa shape index (κ2) is 5.24. The Kier molecular flexibility index (Phi) is 3.41. The highest BCUT2D eigenvalue weighted by Gasteiger charge is 2.22. The van der Waals surface area contributed by atoms with E-state index in [4.69, 9.17) is 5.73 Å². The Balaban J connectivity index is 1.93. The number of nitrogen functional groups attached to an aromatic ring is 1. The van der Waals surface area contributed by atoms with Crippen molar-refractivity contribution in [1.29, 1.82) is 0 Å². The van der Waals surface area contributed by atoms with E-state index in [0.29, 0.717) is 11.5 Å². The van der Waals surface area contributed by atoms with Crippen LogP contribution in [0.3, 0.4) is 0 Å². The molecule has 1 aromatic heterocycles. The van der Waals surface area contributed by atoms with Gasteiger partial charge in [0.15, 0.2) is 5.69 Å². The quantitative estimate of drug-likeness (QED) is 0.920. The molecule has 1 amide bonds. The second-order valence-corrected chi connectivity index (χ2v) is 5.63. The number of hydrogen-bond acceptors (Lipinski definition) is 3. The van der Waals surface area contributed by atoms with E-state index in [1.165, 1.54) is 11.1 Å². The number of aromatic nitrogens is 2. The Morgan fingerprint density at radius 2 is 1.86 bits per heavy atom. The molecule has 110 valence electrons. The maximum atomic E-state index is 12.4. The summed E-state index contributed by atoms with van der Waals surface area (Å²) in [6.07, 6.45) is 2.14. The fourth-order valence-electron chi connectivity index (χ4n) is 2.65. The number of benzene rings is 1. The van der Waals surface area contributed by atoms with Gasteiger partial charge in [-0.15, -0.1) is 0 Å². The summed E-state index contributed by atoms with van der Waals surface area (Å²) in [6.45, 7) is 5.74. The van der Waals surface area contributed by atoms with Crippen LogP contribution in [0.25, 0.3) is 5.69 Å². The van der Waals surface area contributed by atoms with Gasteiger partial charge in [0.25, 0.3) is 5.91 Å². The van der Waals surface area contributed by atoms with Gasteiger partial charge in [-0.1, -0.05) is 6.07 Å². The summed E-state index contributed by atoms with van der Waals surface area (Å²) in [5.41, 5.74) is 9.73. The van der Waals surface area contributed by atoms with Gasteiger partial charge in [-0.3, -0.25) is 4.79 Å². The molecule has 5 nitrogen and oxygen atoms in total. The van der Waals surface area contributed by atoms with Gasteiger partial charge in [-0.2, -0.15) is 5.10 Å². The molecule has 0 atom stereocenters. The number of nitrogens with zero attached hydrogens (tertiary/aromatic N) is 3. The summed E-state index contributed by atoms with van der Waals surface area (Å²) < 4.78 is 1.63. The molecule has 0 unspecified atom stereocenters. The monoisotopic (exact) mass is 284 g/mol. The van der Waals surface area contributed by atoms with E-state index in [2.05, 4.69) is 18.9 Å². The van der Waals surface area contributed by atoms with Crippen LogP contribution in [0.2, 0.25) is 0 Å². The van der Waals surface area contributed by atoms with E-state index in [-0.39, 0.29) is 5.91 Å². The molecule has 2 N–H and O–H groups in total. The van der Waals surface area contributed by atoms with Crippen molar-refractivity contribution in [1.82, 2.24) is 14.7 Å². The zero-order valence-electron chi connectivity index (χ0n) is 12.5. The summed E-state index contributed by atoms with van der Waals surface area (Å²) in [4.78, 5) is 14.2. The Hall–Kier alpha value is -2.30. The fourth-order valence-corrected chi connectivity index (χ4v) is 2.65. The average Bonchev–Trinajstić information content (AvgIpc) is 3.10. The maximum Gasteiger partial charge on any atom is 0.274 e. The minimum atomic E-state index is -0.0261. The topological polar surface area (TPSA) is 64.2 Å². The number of anilines is 1. The summed E-state index contributed by atoms with van der Waals surface area (Å²) in [6, 6.07) is 7.70. The smallest absolute Gasteiger partial charge is 0.274 e. The number of carbonyl (C=O) groups is 1. The number of carbonyl (C=O) groups excluding carboxylic acids is 1. The van der Waals surface area contributed by atoms with E-state index < -0.39 is 0 Å². The Morgan fingerprint density at radius 1 is 1.14 bits per heavy atom. The van der Waals surface area contributed by atoms with Crippen LogP contribution in [0.1, 0.15) is 34.5 Å². The van der Waals surface area contributed by atoms with Crippen LogP contribution in [-0.2, 0) is 0 Å². The molecule has 1 fully saturated rings. The van der Waals surface area contributed by atoms with Gasteiger partial charge in [0, 0.05) is 19.2 Å². The minimum Gasteiger partial charge on any atom is -0.384 e. The van der Waals surface area contributed by atoms with Gasteiger partial charge >= 0.3 is 0 Å². The SMILES string of the molecule is Cc1ccc(-n2nc(C(=O)N3CCCC3)cc2N)cc1C. The molecule has 1 aliphatic heterocycles. The van der Waals surface area contributed by atoms with Crippen molar-refractivity contribution in [3.8, 4) is 5.69 Å². The average molecular weight is 284 g/mol. The molecule has 5 heteroatoms. The van der Waals surface area contributed by atoms with Crippen LogP contribution in [-0.4, -0.2) is 33.7 Å². The maximum absolute atomic E-state index is 12.4. The van der Waals surface area contributed by atoms with Gasteiger partial charge in [0.1, 0.15) is 5.82 Å². The van der Waals surface area contributed by atoms with Crippen LogP contribution in [0.15, 0.2) is 24.3 Å². The normalized spacial score (nSPS) is 14.7. The minimum absolute atomic E-state index is 0.0261. The molecule has 0 spiro atoms. The summed E-state index contributed by atoms with van der Waals surface area (Å²) in [5.74, 6) is 0.461. The third-order valence-electron chi connectivity index (χ3n) is 4.08. The highest BCUT2D eigenvalue weighted by molar-refractivity contribution is 5.93. The summed E-state index contributed by atoms with van der Waals surface area (Å²) >= 11 is 0. The number of amides is 1. The highest BCUT2D eigenvalue weighted by atomic mass is 16.2. The standard InChI is InChI=1S/C16H20N4O/c1-11-5-6-13(9-12(11)2)20-15(17)10-14(18-20)16(21)19-7-3-4-8-19/h5-6,9-10H,3-4,7-8,17H2,1-2H3. The molecule has 0 bridgehead atoms. The van der Waals surface area contributed by atoms with Crippen molar-refractivity contribution in [2.45, 2.75) is 26.7 Å². The lowest BCUT2D eigenvalue weighted by atomic mass is 10.1. The number of likely N-dealkylation sites (tertiary alicyclic amines) is 1. The third-order valence-corrected chi connectivity index (χ3v) is 4.08. The molecule has 1 aromatic carbocycles. The first-order valence-corrected chi connectivity index (χ1v) is 7.29. The zero-order chi connectivity index (χ0) is 15.0. The highest BCUT2D eigenvalue weighted by Crippen LogP contribution is 2.19. The van der Waals surface area contributed by atoms with Crippen LogP contribution in [0.5, 0.6) is 0 Å². The molecule has 21 heavy (non-hydrogen) atoms. The molecule has 2 aromatic rings. The molecule has 0 aliphatic carbocycles. The van der Waals surface area contributed by atoms with Crippen molar-refractivity contribution in [3.05, 3.63) is 41.1 Å². The second-order valence-electron chi connectivity index (χ2n) is 5.63. The molecule has 1 saturated heterocycles. The zero-order valence-corrected chi connectivity index (χ0v) is 12.5. The summed E-state index contributed by atoms with van der Waals surface area (Å²) in [7, 11) is 0. The van der Waals surface area contributed by atoms with Crippen molar-refractivity contribution in [2.75, 3.05) is 18.8 Å². The first-order chi connectivity index (χ1) is 10.1. The van der Waals surface area contributed by atoms with E-state index in [1.807, 2.05) is 23.1 Å². The van der Waals surface area contributed by atoms with E-state index in [1.54, 1.807) is 10.7 Å². The Labute approximate surface area is 124 Å². The molecular weight excluding hydrogens is 264 g/mol. The summed E-state index contributed by atoms with van der Waals surface area (Å²) in [5, 5.41) is 4.40. The van der Waals surface area contributed by atoms with Gasteiger partial charge in [-0.25, -0.2) is 4.68 Å². The van der Waals surface area contributed by atoms with Gasteiger partial charge in [0.2, 0.25) is 0 Å².